The van der Waals surface area contributed by atoms with Crippen LogP contribution in [0.5, 0.6) is 17.2 Å². The Bertz CT molecular complexity index is 1830. The highest BCUT2D eigenvalue weighted by molar-refractivity contribution is 7.99. The second-order valence-corrected chi connectivity index (χ2v) is 9.61. The van der Waals surface area contributed by atoms with Gasteiger partial charge in [-0.1, -0.05) is 23.9 Å². The molecule has 3 aromatic carbocycles. The number of hydrogen-bond donors (Lipinski definition) is 1. The molecule has 0 spiro atoms. The molecule has 0 aliphatic rings. The normalized spacial score (nSPS) is 11.7. The van der Waals surface area contributed by atoms with E-state index < -0.39 is 28.7 Å². The van der Waals surface area contributed by atoms with Crippen molar-refractivity contribution in [3.8, 4) is 17.2 Å². The Kier molecular flexibility index (Phi) is 6.77. The summed E-state index contributed by atoms with van der Waals surface area (Å²) in [5.74, 6) is 0.433. The minimum absolute atomic E-state index is 0.0928. The van der Waals surface area contributed by atoms with Crippen LogP contribution in [0.15, 0.2) is 90.5 Å². The third-order valence-corrected chi connectivity index (χ3v) is 7.21. The van der Waals surface area contributed by atoms with Crippen molar-refractivity contribution in [2.24, 2.45) is 0 Å². The smallest absolute Gasteiger partial charge is 0.416 e. The van der Waals surface area contributed by atoms with Crippen LogP contribution in [0.1, 0.15) is 11.1 Å². The Morgan fingerprint density at radius 3 is 2.31 bits per heavy atom. The van der Waals surface area contributed by atoms with Gasteiger partial charge < -0.3 is 23.6 Å². The van der Waals surface area contributed by atoms with Crippen molar-refractivity contribution in [3.05, 3.63) is 98.6 Å². The average Bonchev–Trinajstić information content (AvgIpc) is 2.92. The lowest BCUT2D eigenvalue weighted by atomic mass is 10.1. The predicted octanol–water partition coefficient (Wildman–Crippen LogP) is 6.05. The van der Waals surface area contributed by atoms with E-state index in [0.717, 1.165) is 17.7 Å². The summed E-state index contributed by atoms with van der Waals surface area (Å²) < 4.78 is 56.4. The van der Waals surface area contributed by atoms with Gasteiger partial charge in [-0.05, 0) is 54.1 Å². The van der Waals surface area contributed by atoms with Crippen molar-refractivity contribution in [1.29, 1.82) is 0 Å². The first-order chi connectivity index (χ1) is 18.6. The van der Waals surface area contributed by atoms with Gasteiger partial charge in [-0.3, -0.25) is 4.79 Å². The van der Waals surface area contributed by atoms with Crippen LogP contribution < -0.4 is 20.7 Å². The number of halogens is 3. The summed E-state index contributed by atoms with van der Waals surface area (Å²) in [4.78, 5) is 26.7. The number of rotatable bonds is 6. The molecule has 5 aromatic rings. The molecule has 0 bridgehead atoms. The van der Waals surface area contributed by atoms with E-state index >= 15 is 0 Å². The fourth-order valence-electron chi connectivity index (χ4n) is 4.22. The summed E-state index contributed by atoms with van der Waals surface area (Å²) in [7, 11) is 3.00. The molecule has 11 heteroatoms. The minimum atomic E-state index is -4.52. The molecule has 0 radical (unpaired) electrons. The first-order valence-electron chi connectivity index (χ1n) is 11.5. The van der Waals surface area contributed by atoms with E-state index in [4.69, 9.17) is 13.9 Å². The molecule has 0 aliphatic carbocycles. The standard InChI is InChI=1S/C28H20F3NO6S/c1-36-17-5-3-4-15(12-17)14-32-21-13-18(37-2)8-11-20(21)24-22(26(32)34)23(33)25(27(35)38-24)39-19-9-6-16(7-10-19)28(29,30)31/h3-13,33H,14H2,1-2H3. The van der Waals surface area contributed by atoms with Gasteiger partial charge in [-0.15, -0.1) is 0 Å². The quantitative estimate of drug-likeness (QED) is 0.255. The maximum absolute atomic E-state index is 13.8. The second-order valence-electron chi connectivity index (χ2n) is 8.52. The molecule has 200 valence electrons. The first kappa shape index (κ1) is 26.2. The van der Waals surface area contributed by atoms with E-state index in [2.05, 4.69) is 0 Å². The van der Waals surface area contributed by atoms with Crippen molar-refractivity contribution in [1.82, 2.24) is 4.57 Å². The van der Waals surface area contributed by atoms with Gasteiger partial charge in [0.25, 0.3) is 5.56 Å². The number of alkyl halides is 3. The van der Waals surface area contributed by atoms with E-state index in [0.29, 0.717) is 34.2 Å². The molecule has 5 rings (SSSR count). The van der Waals surface area contributed by atoms with E-state index in [1.54, 1.807) is 36.4 Å². The molecular formula is C28H20F3NO6S. The van der Waals surface area contributed by atoms with Crippen LogP contribution in [0.3, 0.4) is 0 Å². The van der Waals surface area contributed by atoms with Crippen molar-refractivity contribution in [2.45, 2.75) is 22.5 Å². The highest BCUT2D eigenvalue weighted by Crippen LogP contribution is 2.39. The summed E-state index contributed by atoms with van der Waals surface area (Å²) in [5, 5.41) is 11.3. The molecule has 0 unspecified atom stereocenters. The Balaban J connectivity index is 1.72. The molecule has 0 saturated carbocycles. The molecule has 2 heterocycles. The monoisotopic (exact) mass is 555 g/mol. The highest BCUT2D eigenvalue weighted by Gasteiger charge is 2.30. The summed E-state index contributed by atoms with van der Waals surface area (Å²) in [5.41, 5.74) is -1.41. The Morgan fingerprint density at radius 1 is 0.949 bits per heavy atom. The van der Waals surface area contributed by atoms with Crippen LogP contribution in [-0.2, 0) is 12.7 Å². The maximum Gasteiger partial charge on any atom is 0.416 e. The maximum atomic E-state index is 13.8. The molecule has 39 heavy (non-hydrogen) atoms. The van der Waals surface area contributed by atoms with E-state index in [9.17, 15) is 27.9 Å². The zero-order chi connectivity index (χ0) is 27.9. The second kappa shape index (κ2) is 10.1. The average molecular weight is 556 g/mol. The van der Waals surface area contributed by atoms with Gasteiger partial charge in [0.15, 0.2) is 11.3 Å². The molecule has 0 atom stereocenters. The largest absolute Gasteiger partial charge is 0.505 e. The lowest BCUT2D eigenvalue weighted by Gasteiger charge is -2.15. The number of ether oxygens (including phenoxy) is 2. The molecule has 0 amide bonds. The fourth-order valence-corrected chi connectivity index (χ4v) is 5.06. The van der Waals surface area contributed by atoms with Gasteiger partial charge in [-0.2, -0.15) is 13.2 Å². The Hall–Kier alpha value is -4.38. The van der Waals surface area contributed by atoms with Crippen LogP contribution in [0.4, 0.5) is 13.2 Å². The predicted molar refractivity (Wildman–Crippen MR) is 140 cm³/mol. The van der Waals surface area contributed by atoms with Crippen LogP contribution in [0.2, 0.25) is 0 Å². The Morgan fingerprint density at radius 2 is 1.64 bits per heavy atom. The number of methoxy groups -OCH3 is 2. The number of pyridine rings is 1. The Labute approximate surface area is 223 Å². The van der Waals surface area contributed by atoms with E-state index in [1.165, 1.54) is 30.9 Å². The van der Waals surface area contributed by atoms with Gasteiger partial charge in [0.1, 0.15) is 21.8 Å². The van der Waals surface area contributed by atoms with Gasteiger partial charge in [0.2, 0.25) is 0 Å². The van der Waals surface area contributed by atoms with Crippen molar-refractivity contribution in [3.63, 3.8) is 0 Å². The molecule has 7 nitrogen and oxygen atoms in total. The SMILES string of the molecule is COc1cccc(Cn2c(=O)c3c(O)c(Sc4ccc(C(F)(F)F)cc4)c(=O)oc3c3ccc(OC)cc32)c1. The van der Waals surface area contributed by atoms with Crippen LogP contribution >= 0.6 is 11.8 Å². The van der Waals surface area contributed by atoms with Gasteiger partial charge in [0, 0.05) is 16.3 Å². The number of aromatic nitrogens is 1. The number of nitrogens with zero attached hydrogens (tertiary/aromatic N) is 1. The zero-order valence-corrected chi connectivity index (χ0v) is 21.4. The topological polar surface area (TPSA) is 90.9 Å². The van der Waals surface area contributed by atoms with Crippen LogP contribution in [0, 0.1) is 0 Å². The minimum Gasteiger partial charge on any atom is -0.505 e. The summed E-state index contributed by atoms with van der Waals surface area (Å²) in [6, 6.07) is 16.0. The summed E-state index contributed by atoms with van der Waals surface area (Å²) in [6.45, 7) is 0.0928. The van der Waals surface area contributed by atoms with Crippen LogP contribution in [-0.4, -0.2) is 23.9 Å². The first-order valence-corrected chi connectivity index (χ1v) is 12.3. The van der Waals surface area contributed by atoms with Crippen LogP contribution in [0.25, 0.3) is 21.9 Å². The lowest BCUT2D eigenvalue weighted by molar-refractivity contribution is -0.137. The lowest BCUT2D eigenvalue weighted by Crippen LogP contribution is -2.23. The van der Waals surface area contributed by atoms with Crippen molar-refractivity contribution < 1.29 is 32.2 Å². The fraction of sp³-hybridized carbons (Fsp3) is 0.143. The molecule has 1 N–H and O–H groups in total. The number of fused-ring (bicyclic) bond motifs is 3. The van der Waals surface area contributed by atoms with E-state index in [1.807, 2.05) is 6.07 Å². The number of hydrogen-bond acceptors (Lipinski definition) is 7. The number of benzene rings is 3. The van der Waals surface area contributed by atoms with Crippen molar-refractivity contribution >= 4 is 33.6 Å². The molecule has 0 saturated heterocycles. The number of aromatic hydroxyl groups is 1. The molecule has 2 aromatic heterocycles. The van der Waals surface area contributed by atoms with E-state index in [-0.39, 0.29) is 27.3 Å². The molecule has 0 aliphatic heterocycles. The van der Waals surface area contributed by atoms with Gasteiger partial charge >= 0.3 is 11.8 Å². The third-order valence-electron chi connectivity index (χ3n) is 6.13. The van der Waals surface area contributed by atoms with Crippen molar-refractivity contribution in [2.75, 3.05) is 14.2 Å². The summed E-state index contributed by atoms with van der Waals surface area (Å²) >= 11 is 0.702. The van der Waals surface area contributed by atoms with Gasteiger partial charge in [-0.25, -0.2) is 4.79 Å². The third kappa shape index (κ3) is 4.92. The van der Waals surface area contributed by atoms with Gasteiger partial charge in [0.05, 0.1) is 31.8 Å². The molecule has 0 fully saturated rings. The highest BCUT2D eigenvalue weighted by atomic mass is 32.2. The summed E-state index contributed by atoms with van der Waals surface area (Å²) in [6.07, 6.45) is -4.52. The zero-order valence-electron chi connectivity index (χ0n) is 20.5. The molecular weight excluding hydrogens is 535 g/mol.